The maximum Gasteiger partial charge on any atom is 0.325 e. The minimum atomic E-state index is -0.421. The van der Waals surface area contributed by atoms with Gasteiger partial charge in [0.1, 0.15) is 18.2 Å². The summed E-state index contributed by atoms with van der Waals surface area (Å²) in [5.74, 6) is -0.157. The van der Waals surface area contributed by atoms with Crippen molar-refractivity contribution in [3.8, 4) is 6.07 Å². The lowest BCUT2D eigenvalue weighted by atomic mass is 9.90. The lowest BCUT2D eigenvalue weighted by Gasteiger charge is -2.32. The molecule has 0 bridgehead atoms. The number of ether oxygens (including phenoxy) is 1. The molecule has 1 aliphatic heterocycles. The number of amides is 1. The van der Waals surface area contributed by atoms with Crippen molar-refractivity contribution in [2.24, 2.45) is 5.92 Å². The molecule has 26 heavy (non-hydrogen) atoms. The highest BCUT2D eigenvalue weighted by atomic mass is 16.5. The molecule has 0 unspecified atom stereocenters. The molecule has 1 amide bonds. The van der Waals surface area contributed by atoms with Crippen molar-refractivity contribution in [2.45, 2.75) is 26.2 Å². The standard InChI is InChI=1S/C20H25N3O3/c1-2-26-19(24)15-22-14-18(13-21)20(25)23-10-8-17(9-11-23)12-16-6-4-3-5-7-16/h3-7,14,17,22H,2,8-12,15H2,1H3/b18-14-. The number of rotatable bonds is 7. The second kappa shape index (κ2) is 10.2. The van der Waals surface area contributed by atoms with E-state index in [4.69, 9.17) is 4.74 Å². The highest BCUT2D eigenvalue weighted by molar-refractivity contribution is 5.97. The molecule has 1 heterocycles. The number of nitrogens with zero attached hydrogens (tertiary/aromatic N) is 2. The summed E-state index contributed by atoms with van der Waals surface area (Å²) in [7, 11) is 0. The summed E-state index contributed by atoms with van der Waals surface area (Å²) in [6.45, 7) is 3.25. The Bertz CT molecular complexity index is 671. The van der Waals surface area contributed by atoms with Gasteiger partial charge in [-0.05, 0) is 37.7 Å². The van der Waals surface area contributed by atoms with E-state index in [9.17, 15) is 14.9 Å². The number of nitrogens with one attached hydrogen (secondary N) is 1. The van der Waals surface area contributed by atoms with Crippen LogP contribution in [0.25, 0.3) is 0 Å². The molecule has 1 saturated heterocycles. The molecule has 6 nitrogen and oxygen atoms in total. The topological polar surface area (TPSA) is 82.4 Å². The molecule has 0 radical (unpaired) electrons. The summed E-state index contributed by atoms with van der Waals surface area (Å²) >= 11 is 0. The van der Waals surface area contributed by atoms with Gasteiger partial charge < -0.3 is 15.0 Å². The molecule has 1 aromatic carbocycles. The van der Waals surface area contributed by atoms with Crippen LogP contribution in [0.2, 0.25) is 0 Å². The van der Waals surface area contributed by atoms with Gasteiger partial charge in [0.05, 0.1) is 6.61 Å². The van der Waals surface area contributed by atoms with Crippen LogP contribution in [0.1, 0.15) is 25.3 Å². The molecule has 1 fully saturated rings. The second-order valence-electron chi connectivity index (χ2n) is 6.28. The Labute approximate surface area is 154 Å². The van der Waals surface area contributed by atoms with E-state index in [1.54, 1.807) is 11.8 Å². The zero-order valence-corrected chi connectivity index (χ0v) is 15.1. The predicted octanol–water partition coefficient (Wildman–Crippen LogP) is 2.03. The van der Waals surface area contributed by atoms with Gasteiger partial charge in [0, 0.05) is 19.3 Å². The highest BCUT2D eigenvalue weighted by Gasteiger charge is 2.25. The number of nitriles is 1. The second-order valence-corrected chi connectivity index (χ2v) is 6.28. The highest BCUT2D eigenvalue weighted by Crippen LogP contribution is 2.22. The molecule has 138 valence electrons. The van der Waals surface area contributed by atoms with Crippen LogP contribution in [0.3, 0.4) is 0 Å². The van der Waals surface area contributed by atoms with Crippen LogP contribution < -0.4 is 5.32 Å². The van der Waals surface area contributed by atoms with Crippen LogP contribution in [-0.4, -0.2) is 43.0 Å². The number of benzene rings is 1. The van der Waals surface area contributed by atoms with Crippen molar-refractivity contribution in [3.63, 3.8) is 0 Å². The maximum absolute atomic E-state index is 12.5. The van der Waals surface area contributed by atoms with Crippen molar-refractivity contribution in [1.82, 2.24) is 10.2 Å². The average Bonchev–Trinajstić information content (AvgIpc) is 2.66. The third-order valence-electron chi connectivity index (χ3n) is 4.42. The zero-order chi connectivity index (χ0) is 18.8. The number of likely N-dealkylation sites (tertiary alicyclic amines) is 1. The van der Waals surface area contributed by atoms with Crippen LogP contribution in [0.5, 0.6) is 0 Å². The smallest absolute Gasteiger partial charge is 0.325 e. The summed E-state index contributed by atoms with van der Waals surface area (Å²) < 4.78 is 4.79. The molecule has 0 saturated carbocycles. The largest absolute Gasteiger partial charge is 0.465 e. The first-order valence-corrected chi connectivity index (χ1v) is 8.96. The Morgan fingerprint density at radius 3 is 2.62 bits per heavy atom. The molecule has 0 aliphatic carbocycles. The van der Waals surface area contributed by atoms with E-state index in [-0.39, 0.29) is 18.0 Å². The SMILES string of the molecule is CCOC(=O)CN/C=C(/C#N)C(=O)N1CCC(Cc2ccccc2)CC1. The Morgan fingerprint density at radius 1 is 1.31 bits per heavy atom. The third-order valence-corrected chi connectivity index (χ3v) is 4.42. The Kier molecular flexibility index (Phi) is 7.69. The fourth-order valence-electron chi connectivity index (χ4n) is 3.05. The number of carbonyl (C=O) groups excluding carboxylic acids is 2. The first-order valence-electron chi connectivity index (χ1n) is 8.96. The molecule has 6 heteroatoms. The van der Waals surface area contributed by atoms with Gasteiger partial charge in [0.2, 0.25) is 0 Å². The molecule has 2 rings (SSSR count). The molecule has 0 spiro atoms. The quantitative estimate of drug-likeness (QED) is 0.460. The number of hydrogen-bond acceptors (Lipinski definition) is 5. The van der Waals surface area contributed by atoms with Crippen LogP contribution in [-0.2, 0) is 20.7 Å². The number of hydrogen-bond donors (Lipinski definition) is 1. The third kappa shape index (κ3) is 5.92. The van der Waals surface area contributed by atoms with E-state index >= 15 is 0 Å². The van der Waals surface area contributed by atoms with Gasteiger partial charge in [0.15, 0.2) is 0 Å². The van der Waals surface area contributed by atoms with E-state index in [0.717, 1.165) is 19.3 Å². The van der Waals surface area contributed by atoms with E-state index in [1.165, 1.54) is 11.8 Å². The first-order chi connectivity index (χ1) is 12.6. The number of piperidine rings is 1. The zero-order valence-electron chi connectivity index (χ0n) is 15.1. The van der Waals surface area contributed by atoms with Gasteiger partial charge in [-0.3, -0.25) is 9.59 Å². The number of esters is 1. The summed E-state index contributed by atoms with van der Waals surface area (Å²) in [6.07, 6.45) is 4.17. The van der Waals surface area contributed by atoms with E-state index in [2.05, 4.69) is 17.4 Å². The van der Waals surface area contributed by atoms with Gasteiger partial charge in [-0.15, -0.1) is 0 Å². The molecule has 1 aromatic rings. The summed E-state index contributed by atoms with van der Waals surface area (Å²) in [4.78, 5) is 25.5. The molecular formula is C20H25N3O3. The summed E-state index contributed by atoms with van der Waals surface area (Å²) in [6, 6.07) is 12.3. The number of carbonyl (C=O) groups is 2. The molecule has 0 atom stereocenters. The van der Waals surface area contributed by atoms with Crippen molar-refractivity contribution < 1.29 is 14.3 Å². The first kappa shape index (κ1) is 19.5. The van der Waals surface area contributed by atoms with Gasteiger partial charge in [0.25, 0.3) is 5.91 Å². The van der Waals surface area contributed by atoms with Crippen molar-refractivity contribution in [3.05, 3.63) is 47.7 Å². The monoisotopic (exact) mass is 355 g/mol. The lowest BCUT2D eigenvalue weighted by Crippen LogP contribution is -2.39. The Balaban J connectivity index is 1.82. The molecule has 1 aliphatic rings. The molecule has 1 N–H and O–H groups in total. The van der Waals surface area contributed by atoms with Crippen molar-refractivity contribution in [2.75, 3.05) is 26.2 Å². The van der Waals surface area contributed by atoms with Gasteiger partial charge in [-0.1, -0.05) is 30.3 Å². The average molecular weight is 355 g/mol. The predicted molar refractivity (Wildman–Crippen MR) is 97.8 cm³/mol. The van der Waals surface area contributed by atoms with E-state index < -0.39 is 5.97 Å². The van der Waals surface area contributed by atoms with Crippen LogP contribution in [0.4, 0.5) is 0 Å². The fourth-order valence-corrected chi connectivity index (χ4v) is 3.05. The summed E-state index contributed by atoms with van der Waals surface area (Å²) in [5.41, 5.74) is 1.33. The fraction of sp³-hybridized carbons (Fsp3) is 0.450. The van der Waals surface area contributed by atoms with Crippen molar-refractivity contribution in [1.29, 1.82) is 5.26 Å². The van der Waals surface area contributed by atoms with Crippen LogP contribution in [0, 0.1) is 17.2 Å². The van der Waals surface area contributed by atoms with Gasteiger partial charge in [-0.2, -0.15) is 5.26 Å². The normalized spacial score (nSPS) is 15.2. The minimum absolute atomic E-state index is 0.0100. The van der Waals surface area contributed by atoms with Gasteiger partial charge >= 0.3 is 5.97 Å². The lowest BCUT2D eigenvalue weighted by molar-refractivity contribution is -0.141. The van der Waals surface area contributed by atoms with Crippen molar-refractivity contribution >= 4 is 11.9 Å². The minimum Gasteiger partial charge on any atom is -0.465 e. The Morgan fingerprint density at radius 2 is 2.00 bits per heavy atom. The van der Waals surface area contributed by atoms with Crippen LogP contribution in [0.15, 0.2) is 42.1 Å². The maximum atomic E-state index is 12.5. The van der Waals surface area contributed by atoms with Crippen LogP contribution >= 0.6 is 0 Å². The molecular weight excluding hydrogens is 330 g/mol. The van der Waals surface area contributed by atoms with Gasteiger partial charge in [-0.25, -0.2) is 0 Å². The Hall–Kier alpha value is -2.81. The summed E-state index contributed by atoms with van der Waals surface area (Å²) in [5, 5.41) is 11.9. The van der Waals surface area contributed by atoms with E-state index in [1.807, 2.05) is 24.3 Å². The molecule has 0 aromatic heterocycles. The van der Waals surface area contributed by atoms with E-state index in [0.29, 0.717) is 25.6 Å².